The molecule has 0 saturated heterocycles. The number of alkyl halides is 3. The summed E-state index contributed by atoms with van der Waals surface area (Å²) in [5.74, 6) is 0. The molecule has 0 bridgehead atoms. The third kappa shape index (κ3) is 3.67. The molecule has 1 aromatic heterocycles. The van der Waals surface area contributed by atoms with Gasteiger partial charge in [-0.1, -0.05) is 12.1 Å². The molecule has 0 spiro atoms. The van der Waals surface area contributed by atoms with E-state index in [4.69, 9.17) is 5.26 Å². The van der Waals surface area contributed by atoms with Crippen LogP contribution in [0, 0.1) is 18.3 Å². The molecule has 0 aliphatic rings. The van der Waals surface area contributed by atoms with E-state index in [1.807, 2.05) is 6.07 Å². The molecule has 7 heteroatoms. The summed E-state index contributed by atoms with van der Waals surface area (Å²) in [5.41, 5.74) is -3.42. The van der Waals surface area contributed by atoms with Crippen LogP contribution in [0.3, 0.4) is 0 Å². The molecule has 108 valence electrons. The molecule has 1 heterocycles. The van der Waals surface area contributed by atoms with Gasteiger partial charge in [0.25, 0.3) is 5.56 Å². The van der Waals surface area contributed by atoms with E-state index in [0.717, 1.165) is 0 Å². The van der Waals surface area contributed by atoms with Crippen molar-refractivity contribution in [2.45, 2.75) is 17.3 Å². The smallest absolute Gasteiger partial charge is 0.325 e. The number of halogens is 3. The van der Waals surface area contributed by atoms with Gasteiger partial charge < -0.3 is 4.98 Å². The molecule has 3 nitrogen and oxygen atoms in total. The fraction of sp³-hybridized carbons (Fsp3) is 0.143. The standard InChI is InChI=1S/C14H9F3N2OS/c1-8-6-11(12(7-18)13(20)19-8)9-2-4-10(5-3-9)21-14(15,16)17/h2-6H,1H3,(H,19,20). The van der Waals surface area contributed by atoms with Gasteiger partial charge in [0, 0.05) is 16.2 Å². The van der Waals surface area contributed by atoms with E-state index in [0.29, 0.717) is 16.8 Å². The average molecular weight is 310 g/mol. The topological polar surface area (TPSA) is 56.6 Å². The van der Waals surface area contributed by atoms with Gasteiger partial charge in [-0.15, -0.1) is 0 Å². The number of rotatable bonds is 2. The highest BCUT2D eigenvalue weighted by Crippen LogP contribution is 2.37. The van der Waals surface area contributed by atoms with Crippen LogP contribution in [-0.4, -0.2) is 10.5 Å². The van der Waals surface area contributed by atoms with Crippen molar-refractivity contribution < 1.29 is 13.2 Å². The summed E-state index contributed by atoms with van der Waals surface area (Å²) in [4.78, 5) is 14.2. The van der Waals surface area contributed by atoms with Gasteiger partial charge in [-0.05, 0) is 42.4 Å². The second-order valence-corrected chi connectivity index (χ2v) is 5.39. The Balaban J connectivity index is 2.45. The Morgan fingerprint density at radius 2 is 1.86 bits per heavy atom. The van der Waals surface area contributed by atoms with Crippen LogP contribution in [0.25, 0.3) is 11.1 Å². The molecule has 0 saturated carbocycles. The van der Waals surface area contributed by atoms with Crippen molar-refractivity contribution >= 4 is 11.8 Å². The van der Waals surface area contributed by atoms with Crippen molar-refractivity contribution in [1.29, 1.82) is 5.26 Å². The first-order chi connectivity index (χ1) is 9.80. The Bertz CT molecular complexity index is 758. The van der Waals surface area contributed by atoms with Gasteiger partial charge in [0.05, 0.1) is 0 Å². The normalized spacial score (nSPS) is 11.2. The first-order valence-corrected chi connectivity index (χ1v) is 6.62. The number of aryl methyl sites for hydroxylation is 1. The van der Waals surface area contributed by atoms with E-state index in [1.54, 1.807) is 13.0 Å². The van der Waals surface area contributed by atoms with Crippen molar-refractivity contribution in [2.75, 3.05) is 0 Å². The summed E-state index contributed by atoms with van der Waals surface area (Å²) >= 11 is -0.212. The first-order valence-electron chi connectivity index (χ1n) is 5.80. The maximum Gasteiger partial charge on any atom is 0.446 e. The number of pyridine rings is 1. The number of hydrogen-bond acceptors (Lipinski definition) is 3. The number of benzene rings is 1. The lowest BCUT2D eigenvalue weighted by atomic mass is 10.0. The number of nitrogens with zero attached hydrogens (tertiary/aromatic N) is 1. The summed E-state index contributed by atoms with van der Waals surface area (Å²) in [5, 5.41) is 9.04. The van der Waals surface area contributed by atoms with Gasteiger partial charge >= 0.3 is 5.51 Å². The highest BCUT2D eigenvalue weighted by atomic mass is 32.2. The Kier molecular flexibility index (Phi) is 4.09. The molecule has 1 aromatic carbocycles. The summed E-state index contributed by atoms with van der Waals surface area (Å²) in [7, 11) is 0. The Labute approximate surface area is 122 Å². The maximum absolute atomic E-state index is 12.3. The molecule has 2 aromatic rings. The zero-order chi connectivity index (χ0) is 15.6. The van der Waals surface area contributed by atoms with E-state index < -0.39 is 11.1 Å². The average Bonchev–Trinajstić information content (AvgIpc) is 2.37. The van der Waals surface area contributed by atoms with Crippen LogP contribution in [-0.2, 0) is 0 Å². The summed E-state index contributed by atoms with van der Waals surface area (Å²) in [6.07, 6.45) is 0. The molecule has 21 heavy (non-hydrogen) atoms. The number of thioether (sulfide) groups is 1. The van der Waals surface area contributed by atoms with Crippen molar-refractivity contribution in [3.05, 3.63) is 51.9 Å². The Morgan fingerprint density at radius 3 is 2.38 bits per heavy atom. The minimum atomic E-state index is -4.35. The van der Waals surface area contributed by atoms with Crippen LogP contribution in [0.1, 0.15) is 11.3 Å². The minimum Gasteiger partial charge on any atom is -0.325 e. The number of nitrogens with one attached hydrogen (secondary N) is 1. The number of nitriles is 1. The zero-order valence-corrected chi connectivity index (χ0v) is 11.6. The largest absolute Gasteiger partial charge is 0.446 e. The highest BCUT2D eigenvalue weighted by molar-refractivity contribution is 8.00. The highest BCUT2D eigenvalue weighted by Gasteiger charge is 2.29. The van der Waals surface area contributed by atoms with Crippen molar-refractivity contribution in [1.82, 2.24) is 4.98 Å². The van der Waals surface area contributed by atoms with Gasteiger partial charge in [0.1, 0.15) is 11.6 Å². The van der Waals surface area contributed by atoms with E-state index in [1.165, 1.54) is 24.3 Å². The lowest BCUT2D eigenvalue weighted by molar-refractivity contribution is -0.0328. The molecule has 0 aliphatic carbocycles. The van der Waals surface area contributed by atoms with Crippen molar-refractivity contribution in [2.24, 2.45) is 0 Å². The zero-order valence-electron chi connectivity index (χ0n) is 10.8. The minimum absolute atomic E-state index is 0.0475. The second-order valence-electron chi connectivity index (χ2n) is 4.25. The summed E-state index contributed by atoms with van der Waals surface area (Å²) in [6, 6.07) is 8.97. The monoisotopic (exact) mass is 310 g/mol. The first kappa shape index (κ1) is 15.2. The predicted octanol–water partition coefficient (Wildman–Crippen LogP) is 3.83. The van der Waals surface area contributed by atoms with Crippen LogP contribution < -0.4 is 5.56 Å². The van der Waals surface area contributed by atoms with Gasteiger partial charge in [0.15, 0.2) is 0 Å². The molecule has 0 unspecified atom stereocenters. The fourth-order valence-corrected chi connectivity index (χ4v) is 2.40. The van der Waals surface area contributed by atoms with Crippen molar-refractivity contribution in [3.63, 3.8) is 0 Å². The summed E-state index contributed by atoms with van der Waals surface area (Å²) in [6.45, 7) is 1.67. The maximum atomic E-state index is 12.3. The molecule has 1 N–H and O–H groups in total. The lowest BCUT2D eigenvalue weighted by Gasteiger charge is -2.08. The SMILES string of the molecule is Cc1cc(-c2ccc(SC(F)(F)F)cc2)c(C#N)c(=O)[nH]1. The van der Waals surface area contributed by atoms with Gasteiger partial charge in [0.2, 0.25) is 0 Å². The molecule has 0 amide bonds. The van der Waals surface area contributed by atoms with E-state index in [-0.39, 0.29) is 22.2 Å². The quantitative estimate of drug-likeness (QED) is 0.858. The number of hydrogen-bond donors (Lipinski definition) is 1. The van der Waals surface area contributed by atoms with Crippen LogP contribution in [0.4, 0.5) is 13.2 Å². The van der Waals surface area contributed by atoms with Crippen LogP contribution in [0.5, 0.6) is 0 Å². The molecular weight excluding hydrogens is 301 g/mol. The third-order valence-corrected chi connectivity index (χ3v) is 3.42. The molecule has 0 fully saturated rings. The molecule has 0 radical (unpaired) electrons. The van der Waals surface area contributed by atoms with Crippen LogP contribution in [0.2, 0.25) is 0 Å². The Hall–Kier alpha value is -2.20. The molecular formula is C14H9F3N2OS. The van der Waals surface area contributed by atoms with Crippen LogP contribution >= 0.6 is 11.8 Å². The second kappa shape index (κ2) is 5.66. The van der Waals surface area contributed by atoms with Gasteiger partial charge in [-0.2, -0.15) is 18.4 Å². The number of H-pyrrole nitrogens is 1. The van der Waals surface area contributed by atoms with Crippen molar-refractivity contribution in [3.8, 4) is 17.2 Å². The number of aromatic nitrogens is 1. The van der Waals surface area contributed by atoms with E-state index >= 15 is 0 Å². The number of aromatic amines is 1. The lowest BCUT2D eigenvalue weighted by Crippen LogP contribution is -2.12. The molecule has 0 aliphatic heterocycles. The summed E-state index contributed by atoms with van der Waals surface area (Å²) < 4.78 is 36.8. The van der Waals surface area contributed by atoms with E-state index in [2.05, 4.69) is 4.98 Å². The molecule has 2 rings (SSSR count). The molecule has 0 atom stereocenters. The van der Waals surface area contributed by atoms with Gasteiger partial charge in [-0.3, -0.25) is 4.79 Å². The predicted molar refractivity (Wildman–Crippen MR) is 73.9 cm³/mol. The Morgan fingerprint density at radius 1 is 1.24 bits per heavy atom. The van der Waals surface area contributed by atoms with E-state index in [9.17, 15) is 18.0 Å². The van der Waals surface area contributed by atoms with Crippen LogP contribution in [0.15, 0.2) is 40.0 Å². The fourth-order valence-electron chi connectivity index (χ4n) is 1.86. The third-order valence-electron chi connectivity index (χ3n) is 2.68. The van der Waals surface area contributed by atoms with Gasteiger partial charge in [-0.25, -0.2) is 0 Å².